The van der Waals surface area contributed by atoms with E-state index in [0.29, 0.717) is 27.5 Å². The van der Waals surface area contributed by atoms with Crippen LogP contribution in [0.5, 0.6) is 0 Å². The highest BCUT2D eigenvalue weighted by atomic mass is 35.5. The summed E-state index contributed by atoms with van der Waals surface area (Å²) in [5, 5.41) is 7.72. The highest BCUT2D eigenvalue weighted by Gasteiger charge is 2.15. The monoisotopic (exact) mass is 407 g/mol. The first-order chi connectivity index (χ1) is 12.6. The Bertz CT molecular complexity index is 939. The molecule has 2 aromatic heterocycles. The molecule has 1 amide bonds. The first kappa shape index (κ1) is 18.5. The van der Waals surface area contributed by atoms with Crippen molar-refractivity contribution in [2.45, 2.75) is 13.3 Å². The van der Waals surface area contributed by atoms with Gasteiger partial charge in [0.05, 0.1) is 23.7 Å². The predicted molar refractivity (Wildman–Crippen MR) is 103 cm³/mol. The van der Waals surface area contributed by atoms with E-state index in [9.17, 15) is 9.59 Å². The van der Waals surface area contributed by atoms with E-state index < -0.39 is 0 Å². The van der Waals surface area contributed by atoms with Crippen molar-refractivity contribution in [1.29, 1.82) is 0 Å². The van der Waals surface area contributed by atoms with Gasteiger partial charge in [0.2, 0.25) is 0 Å². The zero-order valence-corrected chi connectivity index (χ0v) is 16.1. The van der Waals surface area contributed by atoms with Crippen LogP contribution in [0.15, 0.2) is 35.0 Å². The van der Waals surface area contributed by atoms with E-state index in [-0.39, 0.29) is 24.0 Å². The van der Waals surface area contributed by atoms with E-state index >= 15 is 0 Å². The third kappa shape index (κ3) is 4.46. The predicted octanol–water partition coefficient (Wildman–Crippen LogP) is 4.28. The van der Waals surface area contributed by atoms with Gasteiger partial charge in [0.15, 0.2) is 5.13 Å². The number of aromatic nitrogens is 2. The number of carbonyl (C=O) groups excluding carboxylic acids is 2. The molecule has 0 radical (unpaired) electrons. The standard InChI is InChI=1S/C17H14ClN3O3S2/c1-2-24-14(22)7-10-8-26-17(19-10)21-15(23)13-9-25-16(20-13)11-5-3-4-6-12(11)18/h3-6,8-9H,2,7H2,1H3,(H,19,21,23). The maximum atomic E-state index is 12.4. The lowest BCUT2D eigenvalue weighted by atomic mass is 10.2. The van der Waals surface area contributed by atoms with Gasteiger partial charge in [-0.25, -0.2) is 9.97 Å². The average molecular weight is 408 g/mol. The molecule has 26 heavy (non-hydrogen) atoms. The summed E-state index contributed by atoms with van der Waals surface area (Å²) in [4.78, 5) is 32.4. The number of esters is 1. The summed E-state index contributed by atoms with van der Waals surface area (Å²) in [6, 6.07) is 7.33. The molecule has 0 saturated carbocycles. The summed E-state index contributed by atoms with van der Waals surface area (Å²) in [5.41, 5.74) is 1.62. The van der Waals surface area contributed by atoms with Gasteiger partial charge in [0.1, 0.15) is 10.7 Å². The SMILES string of the molecule is CCOC(=O)Cc1csc(NC(=O)c2csc(-c3ccccc3Cl)n2)n1. The van der Waals surface area contributed by atoms with Crippen LogP contribution >= 0.6 is 34.3 Å². The molecule has 1 N–H and O–H groups in total. The number of ether oxygens (including phenoxy) is 1. The maximum Gasteiger partial charge on any atom is 0.311 e. The van der Waals surface area contributed by atoms with E-state index in [1.54, 1.807) is 23.8 Å². The fourth-order valence-corrected chi connectivity index (χ4v) is 3.93. The Morgan fingerprint density at radius 1 is 1.19 bits per heavy atom. The third-order valence-corrected chi connectivity index (χ3v) is 5.26. The van der Waals surface area contributed by atoms with E-state index in [2.05, 4.69) is 15.3 Å². The molecule has 0 aliphatic carbocycles. The number of nitrogens with zero attached hydrogens (tertiary/aromatic N) is 2. The Labute approximate surface area is 162 Å². The number of thiazole rings is 2. The summed E-state index contributed by atoms with van der Waals surface area (Å²) in [6.45, 7) is 2.07. The number of amides is 1. The zero-order valence-electron chi connectivity index (χ0n) is 13.7. The van der Waals surface area contributed by atoms with Crippen molar-refractivity contribution in [3.8, 4) is 10.6 Å². The smallest absolute Gasteiger partial charge is 0.311 e. The Kier molecular flexibility index (Phi) is 5.97. The second-order valence-electron chi connectivity index (χ2n) is 5.10. The zero-order chi connectivity index (χ0) is 18.5. The number of halogens is 1. The van der Waals surface area contributed by atoms with Gasteiger partial charge >= 0.3 is 5.97 Å². The molecule has 9 heteroatoms. The molecule has 0 fully saturated rings. The van der Waals surface area contributed by atoms with Crippen molar-refractivity contribution in [2.24, 2.45) is 0 Å². The van der Waals surface area contributed by atoms with Crippen LogP contribution in [0.3, 0.4) is 0 Å². The van der Waals surface area contributed by atoms with Crippen LogP contribution < -0.4 is 5.32 Å². The van der Waals surface area contributed by atoms with Crippen LogP contribution in [-0.4, -0.2) is 28.5 Å². The van der Waals surface area contributed by atoms with Crippen LogP contribution in [-0.2, 0) is 16.0 Å². The van der Waals surface area contributed by atoms with Crippen molar-refractivity contribution in [3.63, 3.8) is 0 Å². The third-order valence-electron chi connectivity index (χ3n) is 3.24. The van der Waals surface area contributed by atoms with Crippen molar-refractivity contribution in [1.82, 2.24) is 9.97 Å². The van der Waals surface area contributed by atoms with Crippen LogP contribution in [0, 0.1) is 0 Å². The average Bonchev–Trinajstić information content (AvgIpc) is 3.25. The number of benzene rings is 1. The van der Waals surface area contributed by atoms with Crippen molar-refractivity contribution >= 4 is 51.3 Å². The summed E-state index contributed by atoms with van der Waals surface area (Å²) >= 11 is 8.75. The van der Waals surface area contributed by atoms with Crippen LogP contribution in [0.2, 0.25) is 5.02 Å². The molecule has 0 atom stereocenters. The normalized spacial score (nSPS) is 10.5. The van der Waals surface area contributed by atoms with Gasteiger partial charge < -0.3 is 4.74 Å². The number of rotatable bonds is 6. The quantitative estimate of drug-likeness (QED) is 0.617. The van der Waals surface area contributed by atoms with Crippen molar-refractivity contribution < 1.29 is 14.3 Å². The van der Waals surface area contributed by atoms with E-state index in [4.69, 9.17) is 16.3 Å². The lowest BCUT2D eigenvalue weighted by molar-refractivity contribution is -0.142. The minimum Gasteiger partial charge on any atom is -0.466 e. The molecule has 2 heterocycles. The number of nitrogens with one attached hydrogen (secondary N) is 1. The van der Waals surface area contributed by atoms with Gasteiger partial charge in [-0.3, -0.25) is 14.9 Å². The van der Waals surface area contributed by atoms with Crippen LogP contribution in [0.25, 0.3) is 10.6 Å². The fraction of sp³-hybridized carbons (Fsp3) is 0.176. The summed E-state index contributed by atoms with van der Waals surface area (Å²) in [6.07, 6.45) is 0.0770. The number of hydrogen-bond acceptors (Lipinski definition) is 7. The largest absolute Gasteiger partial charge is 0.466 e. The van der Waals surface area contributed by atoms with Crippen LogP contribution in [0.1, 0.15) is 23.1 Å². The minimum atomic E-state index is -0.364. The lowest BCUT2D eigenvalue weighted by Gasteiger charge is -2.00. The second-order valence-corrected chi connectivity index (χ2v) is 7.22. The van der Waals surface area contributed by atoms with Gasteiger partial charge in [0.25, 0.3) is 5.91 Å². The van der Waals surface area contributed by atoms with Gasteiger partial charge in [-0.1, -0.05) is 29.8 Å². The first-order valence-corrected chi connectivity index (χ1v) is 9.82. The minimum absolute atomic E-state index is 0.0770. The Balaban J connectivity index is 1.67. The molecule has 134 valence electrons. The van der Waals surface area contributed by atoms with Crippen molar-refractivity contribution in [2.75, 3.05) is 11.9 Å². The molecule has 0 spiro atoms. The molecule has 0 aliphatic heterocycles. The molecule has 3 rings (SSSR count). The molecular weight excluding hydrogens is 394 g/mol. The lowest BCUT2D eigenvalue weighted by Crippen LogP contribution is -2.12. The summed E-state index contributed by atoms with van der Waals surface area (Å²) < 4.78 is 4.88. The Morgan fingerprint density at radius 3 is 2.77 bits per heavy atom. The van der Waals surface area contributed by atoms with Gasteiger partial charge in [-0.15, -0.1) is 22.7 Å². The Hall–Kier alpha value is -2.29. The van der Waals surface area contributed by atoms with E-state index in [0.717, 1.165) is 5.56 Å². The molecule has 0 saturated heterocycles. The molecule has 1 aromatic carbocycles. The second kappa shape index (κ2) is 8.39. The fourth-order valence-electron chi connectivity index (χ4n) is 2.10. The van der Waals surface area contributed by atoms with Crippen LogP contribution in [0.4, 0.5) is 5.13 Å². The molecule has 0 bridgehead atoms. The summed E-state index contributed by atoms with van der Waals surface area (Å²) in [5.74, 6) is -0.712. The number of carbonyl (C=O) groups is 2. The van der Waals surface area contributed by atoms with E-state index in [1.165, 1.54) is 22.7 Å². The van der Waals surface area contributed by atoms with Gasteiger partial charge in [-0.05, 0) is 13.0 Å². The molecule has 6 nitrogen and oxygen atoms in total. The highest BCUT2D eigenvalue weighted by molar-refractivity contribution is 7.14. The molecular formula is C17H14ClN3O3S2. The number of anilines is 1. The van der Waals surface area contributed by atoms with Gasteiger partial charge in [-0.2, -0.15) is 0 Å². The highest BCUT2D eigenvalue weighted by Crippen LogP contribution is 2.30. The molecule has 0 aliphatic rings. The van der Waals surface area contributed by atoms with Crippen molar-refractivity contribution in [3.05, 3.63) is 51.4 Å². The summed E-state index contributed by atoms with van der Waals surface area (Å²) in [7, 11) is 0. The van der Waals surface area contributed by atoms with E-state index in [1.807, 2.05) is 18.2 Å². The van der Waals surface area contributed by atoms with Gasteiger partial charge in [0, 0.05) is 16.3 Å². The molecule has 0 unspecified atom stereocenters. The number of hydrogen-bond donors (Lipinski definition) is 1. The maximum absolute atomic E-state index is 12.4. The Morgan fingerprint density at radius 2 is 2.00 bits per heavy atom. The first-order valence-electron chi connectivity index (χ1n) is 7.68. The topological polar surface area (TPSA) is 81.2 Å². The molecule has 3 aromatic rings.